The summed E-state index contributed by atoms with van der Waals surface area (Å²) in [7, 11) is 0. The van der Waals surface area contributed by atoms with Crippen LogP contribution in [-0.2, 0) is 9.53 Å². The lowest BCUT2D eigenvalue weighted by molar-refractivity contribution is -0.159. The van der Waals surface area contributed by atoms with Crippen molar-refractivity contribution in [1.29, 1.82) is 0 Å². The lowest BCUT2D eigenvalue weighted by Crippen LogP contribution is -2.62. The van der Waals surface area contributed by atoms with Crippen LogP contribution < -0.4 is 0 Å². The van der Waals surface area contributed by atoms with Gasteiger partial charge in [0.1, 0.15) is 5.54 Å². The highest BCUT2D eigenvalue weighted by Crippen LogP contribution is 2.30. The maximum Gasteiger partial charge on any atom is 0.324 e. The van der Waals surface area contributed by atoms with Gasteiger partial charge in [-0.3, -0.25) is 9.69 Å². The Bertz CT molecular complexity index is 306. The number of likely N-dealkylation sites (tertiary alicyclic amines) is 1. The quantitative estimate of drug-likeness (QED) is 0.822. The van der Waals surface area contributed by atoms with Crippen molar-refractivity contribution in [2.24, 2.45) is 5.92 Å². The Hall–Kier alpha value is -0.650. The minimum atomic E-state index is -0.655. The number of hydrogen-bond acceptors (Lipinski definition) is 4. The summed E-state index contributed by atoms with van der Waals surface area (Å²) in [4.78, 5) is 16.3. The largest absolute Gasteiger partial charge is 0.480 e. The van der Waals surface area contributed by atoms with Gasteiger partial charge in [0.05, 0.1) is 13.2 Å². The van der Waals surface area contributed by atoms with Gasteiger partial charge >= 0.3 is 5.97 Å². The number of hydrogen-bond donors (Lipinski definition) is 1. The molecular formula is C14H26N2O3. The first-order chi connectivity index (χ1) is 9.04. The fraction of sp³-hybridized carbons (Fsp3) is 0.929. The van der Waals surface area contributed by atoms with Crippen molar-refractivity contribution in [1.82, 2.24) is 9.80 Å². The van der Waals surface area contributed by atoms with Crippen molar-refractivity contribution in [3.05, 3.63) is 0 Å². The van der Waals surface area contributed by atoms with Crippen molar-refractivity contribution in [2.75, 3.05) is 45.9 Å². The molecule has 5 heteroatoms. The minimum absolute atomic E-state index is 0.640. The Morgan fingerprint density at radius 1 is 1.21 bits per heavy atom. The number of carbonyl (C=O) groups is 1. The highest BCUT2D eigenvalue weighted by molar-refractivity contribution is 5.79. The molecule has 0 aliphatic carbocycles. The molecule has 0 bridgehead atoms. The zero-order valence-electron chi connectivity index (χ0n) is 12.1. The second-order valence-corrected chi connectivity index (χ2v) is 6.13. The van der Waals surface area contributed by atoms with Crippen LogP contribution in [0.2, 0.25) is 0 Å². The smallest absolute Gasteiger partial charge is 0.324 e. The van der Waals surface area contributed by atoms with Crippen molar-refractivity contribution in [3.63, 3.8) is 0 Å². The average molecular weight is 270 g/mol. The van der Waals surface area contributed by atoms with Gasteiger partial charge in [-0.05, 0) is 18.8 Å². The van der Waals surface area contributed by atoms with Gasteiger partial charge in [0.2, 0.25) is 0 Å². The molecule has 2 heterocycles. The van der Waals surface area contributed by atoms with Gasteiger partial charge in [0, 0.05) is 32.7 Å². The molecule has 2 fully saturated rings. The van der Waals surface area contributed by atoms with Gasteiger partial charge in [-0.1, -0.05) is 13.8 Å². The fourth-order valence-electron chi connectivity index (χ4n) is 3.28. The van der Waals surface area contributed by atoms with E-state index in [9.17, 15) is 9.90 Å². The van der Waals surface area contributed by atoms with Crippen molar-refractivity contribution in [2.45, 2.75) is 32.2 Å². The van der Waals surface area contributed by atoms with E-state index in [1.165, 1.54) is 0 Å². The molecule has 0 aromatic carbocycles. The summed E-state index contributed by atoms with van der Waals surface area (Å²) < 4.78 is 5.34. The summed E-state index contributed by atoms with van der Waals surface area (Å²) in [5.74, 6) is -0.0145. The highest BCUT2D eigenvalue weighted by Gasteiger charge is 2.46. The zero-order valence-corrected chi connectivity index (χ0v) is 12.1. The fourth-order valence-corrected chi connectivity index (χ4v) is 3.28. The van der Waals surface area contributed by atoms with E-state index in [4.69, 9.17) is 4.74 Å². The third-order valence-electron chi connectivity index (χ3n) is 4.32. The number of piperidine rings is 1. The average Bonchev–Trinajstić information content (AvgIpc) is 2.40. The molecule has 110 valence electrons. The maximum absolute atomic E-state index is 11.8. The van der Waals surface area contributed by atoms with E-state index in [2.05, 4.69) is 23.6 Å². The first-order valence-electron chi connectivity index (χ1n) is 7.33. The van der Waals surface area contributed by atoms with Crippen LogP contribution in [0.4, 0.5) is 0 Å². The van der Waals surface area contributed by atoms with Crippen molar-refractivity contribution in [3.8, 4) is 0 Å². The molecule has 0 spiro atoms. The highest BCUT2D eigenvalue weighted by atomic mass is 16.5. The monoisotopic (exact) mass is 270 g/mol. The molecule has 0 aromatic heterocycles. The van der Waals surface area contributed by atoms with Gasteiger partial charge in [0.25, 0.3) is 0 Å². The number of morpholine rings is 1. The number of carboxylic acids is 1. The Kier molecular flexibility index (Phi) is 4.81. The maximum atomic E-state index is 11.8. The molecule has 19 heavy (non-hydrogen) atoms. The van der Waals surface area contributed by atoms with E-state index in [-0.39, 0.29) is 0 Å². The number of rotatable bonds is 4. The summed E-state index contributed by atoms with van der Waals surface area (Å²) in [6.45, 7) is 10.1. The van der Waals surface area contributed by atoms with Crippen LogP contribution in [0.5, 0.6) is 0 Å². The van der Waals surface area contributed by atoms with Gasteiger partial charge < -0.3 is 14.7 Å². The molecule has 0 aromatic rings. The molecule has 2 saturated heterocycles. The third-order valence-corrected chi connectivity index (χ3v) is 4.32. The van der Waals surface area contributed by atoms with E-state index in [1.807, 2.05) is 0 Å². The molecule has 2 aliphatic rings. The minimum Gasteiger partial charge on any atom is -0.480 e. The Balaban J connectivity index is 2.00. The number of ether oxygens (including phenoxy) is 1. The van der Waals surface area contributed by atoms with E-state index in [1.54, 1.807) is 0 Å². The molecule has 0 radical (unpaired) electrons. The molecule has 0 amide bonds. The van der Waals surface area contributed by atoms with Crippen molar-refractivity contribution >= 4 is 5.97 Å². The topological polar surface area (TPSA) is 53.0 Å². The Morgan fingerprint density at radius 2 is 1.79 bits per heavy atom. The number of nitrogens with zero attached hydrogens (tertiary/aromatic N) is 2. The van der Waals surface area contributed by atoms with Crippen LogP contribution >= 0.6 is 0 Å². The molecule has 1 N–H and O–H groups in total. The summed E-state index contributed by atoms with van der Waals surface area (Å²) in [5, 5.41) is 9.71. The van der Waals surface area contributed by atoms with Crippen LogP contribution in [0.3, 0.4) is 0 Å². The third kappa shape index (κ3) is 3.27. The Labute approximate surface area is 115 Å². The lowest BCUT2D eigenvalue weighted by Gasteiger charge is -2.47. The van der Waals surface area contributed by atoms with Crippen LogP contribution in [0.15, 0.2) is 0 Å². The summed E-state index contributed by atoms with van der Waals surface area (Å²) in [6, 6.07) is 0. The molecule has 2 rings (SSSR count). The molecule has 0 saturated carbocycles. The zero-order chi connectivity index (χ0) is 13.9. The molecule has 0 atom stereocenters. The second kappa shape index (κ2) is 6.20. The summed E-state index contributed by atoms with van der Waals surface area (Å²) >= 11 is 0. The normalized spacial score (nSPS) is 25.6. The SMILES string of the molecule is CC(C)CN1CCC(C(=O)O)(N2CCOCC2)CC1. The number of aliphatic carboxylic acids is 1. The van der Waals surface area contributed by atoms with E-state index >= 15 is 0 Å². The van der Waals surface area contributed by atoms with Gasteiger partial charge in [-0.15, -0.1) is 0 Å². The van der Waals surface area contributed by atoms with E-state index in [0.717, 1.165) is 45.6 Å². The van der Waals surface area contributed by atoms with Gasteiger partial charge in [-0.25, -0.2) is 0 Å². The predicted octanol–water partition coefficient (Wildman–Crippen LogP) is 0.894. The van der Waals surface area contributed by atoms with E-state index in [0.29, 0.717) is 19.1 Å². The first kappa shape index (κ1) is 14.8. The van der Waals surface area contributed by atoms with Crippen LogP contribution in [-0.4, -0.2) is 72.4 Å². The van der Waals surface area contributed by atoms with E-state index < -0.39 is 11.5 Å². The molecule has 2 aliphatic heterocycles. The number of carboxylic acid groups (broad SMARTS) is 1. The standard InChI is InChI=1S/C14H26N2O3/c1-12(2)11-15-5-3-14(4-6-15,13(17)18)16-7-9-19-10-8-16/h12H,3-11H2,1-2H3,(H,17,18). The molecule has 5 nitrogen and oxygen atoms in total. The second-order valence-electron chi connectivity index (χ2n) is 6.13. The Morgan fingerprint density at radius 3 is 2.26 bits per heavy atom. The van der Waals surface area contributed by atoms with Crippen LogP contribution in [0, 0.1) is 5.92 Å². The van der Waals surface area contributed by atoms with Gasteiger partial charge in [-0.2, -0.15) is 0 Å². The lowest BCUT2D eigenvalue weighted by atomic mass is 9.85. The van der Waals surface area contributed by atoms with Gasteiger partial charge in [0.15, 0.2) is 0 Å². The predicted molar refractivity (Wildman–Crippen MR) is 73.3 cm³/mol. The molecular weight excluding hydrogens is 244 g/mol. The van der Waals surface area contributed by atoms with Crippen LogP contribution in [0.25, 0.3) is 0 Å². The summed E-state index contributed by atoms with van der Waals surface area (Å²) in [6.07, 6.45) is 1.46. The van der Waals surface area contributed by atoms with Crippen molar-refractivity contribution < 1.29 is 14.6 Å². The summed E-state index contributed by atoms with van der Waals surface area (Å²) in [5.41, 5.74) is -0.655. The van der Waals surface area contributed by atoms with Crippen LogP contribution in [0.1, 0.15) is 26.7 Å². The first-order valence-corrected chi connectivity index (χ1v) is 7.33. The molecule has 0 unspecified atom stereocenters.